The zero-order valence-corrected chi connectivity index (χ0v) is 14.3. The molecule has 0 radical (unpaired) electrons. The number of nitrogens with one attached hydrogen (secondary N) is 1. The number of benzene rings is 1. The molecule has 0 aliphatic carbocycles. The maximum atomic E-state index is 3.71. The quantitative estimate of drug-likeness (QED) is 0.792. The van der Waals surface area contributed by atoms with Gasteiger partial charge in [0.1, 0.15) is 0 Å². The Bertz CT molecular complexity index is 424. The first-order chi connectivity index (χ1) is 10.1. The molecule has 0 spiro atoms. The molecule has 1 atom stereocenters. The Morgan fingerprint density at radius 2 is 1.67 bits per heavy atom. The summed E-state index contributed by atoms with van der Waals surface area (Å²) in [4.78, 5) is 2.62. The highest BCUT2D eigenvalue weighted by Crippen LogP contribution is 2.23. The van der Waals surface area contributed by atoms with E-state index in [1.807, 2.05) is 0 Å². The molecule has 1 aromatic carbocycles. The van der Waals surface area contributed by atoms with Crippen LogP contribution in [0, 0.1) is 20.8 Å². The molecule has 2 rings (SSSR count). The Balaban J connectivity index is 1.78. The van der Waals surface area contributed by atoms with Crippen LogP contribution in [-0.2, 0) is 0 Å². The van der Waals surface area contributed by atoms with E-state index in [-0.39, 0.29) is 0 Å². The summed E-state index contributed by atoms with van der Waals surface area (Å²) in [6.07, 6.45) is 5.48. The van der Waals surface area contributed by atoms with Crippen molar-refractivity contribution in [3.05, 3.63) is 34.4 Å². The SMILES string of the molecule is Cc1cc(C)c(C(C)NCCCN2CCCCC2)c(C)c1. The van der Waals surface area contributed by atoms with Gasteiger partial charge >= 0.3 is 0 Å². The van der Waals surface area contributed by atoms with E-state index < -0.39 is 0 Å². The molecule has 2 nitrogen and oxygen atoms in total. The summed E-state index contributed by atoms with van der Waals surface area (Å²) in [5, 5.41) is 3.71. The van der Waals surface area contributed by atoms with Gasteiger partial charge < -0.3 is 10.2 Å². The topological polar surface area (TPSA) is 15.3 Å². The molecule has 1 aliphatic heterocycles. The molecule has 1 unspecified atom stereocenters. The smallest absolute Gasteiger partial charge is 0.0297 e. The van der Waals surface area contributed by atoms with Crippen molar-refractivity contribution >= 4 is 0 Å². The van der Waals surface area contributed by atoms with Crippen LogP contribution in [0.4, 0.5) is 0 Å². The van der Waals surface area contributed by atoms with E-state index in [0.29, 0.717) is 6.04 Å². The van der Waals surface area contributed by atoms with Crippen molar-refractivity contribution in [2.75, 3.05) is 26.2 Å². The predicted molar refractivity (Wildman–Crippen MR) is 92.0 cm³/mol. The number of piperidine rings is 1. The minimum absolute atomic E-state index is 0.451. The summed E-state index contributed by atoms with van der Waals surface area (Å²) < 4.78 is 0. The normalized spacial score (nSPS) is 17.9. The van der Waals surface area contributed by atoms with Crippen LogP contribution in [0.5, 0.6) is 0 Å². The summed E-state index contributed by atoms with van der Waals surface area (Å²) in [5.74, 6) is 0. The summed E-state index contributed by atoms with van der Waals surface area (Å²) in [6.45, 7) is 13.9. The third-order valence-electron chi connectivity index (χ3n) is 4.72. The second-order valence-electron chi connectivity index (χ2n) is 6.74. The summed E-state index contributed by atoms with van der Waals surface area (Å²) in [6, 6.07) is 5.05. The molecule has 1 aromatic rings. The molecule has 21 heavy (non-hydrogen) atoms. The van der Waals surface area contributed by atoms with Crippen molar-refractivity contribution in [1.82, 2.24) is 10.2 Å². The van der Waals surface area contributed by atoms with Crippen molar-refractivity contribution in [1.29, 1.82) is 0 Å². The first-order valence-electron chi connectivity index (χ1n) is 8.61. The average molecular weight is 288 g/mol. The average Bonchev–Trinajstić information content (AvgIpc) is 2.43. The Hall–Kier alpha value is -0.860. The van der Waals surface area contributed by atoms with Gasteiger partial charge in [0.25, 0.3) is 0 Å². The maximum absolute atomic E-state index is 3.71. The Kier molecular flexibility index (Phi) is 6.25. The zero-order valence-electron chi connectivity index (χ0n) is 14.3. The van der Waals surface area contributed by atoms with E-state index >= 15 is 0 Å². The number of aryl methyl sites for hydroxylation is 3. The molecule has 0 saturated carbocycles. The van der Waals surface area contributed by atoms with Crippen LogP contribution in [0.2, 0.25) is 0 Å². The van der Waals surface area contributed by atoms with Crippen LogP contribution in [0.15, 0.2) is 12.1 Å². The van der Waals surface area contributed by atoms with Crippen molar-refractivity contribution < 1.29 is 0 Å². The third kappa shape index (κ3) is 4.82. The van der Waals surface area contributed by atoms with Gasteiger partial charge in [0.2, 0.25) is 0 Å². The van der Waals surface area contributed by atoms with Gasteiger partial charge in [-0.3, -0.25) is 0 Å². The van der Waals surface area contributed by atoms with Gasteiger partial charge in [0.05, 0.1) is 0 Å². The lowest BCUT2D eigenvalue weighted by Crippen LogP contribution is -2.32. The first-order valence-corrected chi connectivity index (χ1v) is 8.61. The highest BCUT2D eigenvalue weighted by atomic mass is 15.1. The van der Waals surface area contributed by atoms with Crippen molar-refractivity contribution in [3.8, 4) is 0 Å². The maximum Gasteiger partial charge on any atom is 0.0297 e. The van der Waals surface area contributed by atoms with Gasteiger partial charge in [-0.05, 0) is 89.8 Å². The van der Waals surface area contributed by atoms with Gasteiger partial charge in [0, 0.05) is 6.04 Å². The molecule has 1 aliphatic rings. The van der Waals surface area contributed by atoms with Gasteiger partial charge in [-0.15, -0.1) is 0 Å². The first kappa shape index (κ1) is 16.5. The number of rotatable bonds is 6. The zero-order chi connectivity index (χ0) is 15.2. The van der Waals surface area contributed by atoms with Crippen LogP contribution in [0.1, 0.15) is 60.9 Å². The Morgan fingerprint density at radius 1 is 1.05 bits per heavy atom. The molecular weight excluding hydrogens is 256 g/mol. The molecule has 1 heterocycles. The van der Waals surface area contributed by atoms with Gasteiger partial charge in [-0.2, -0.15) is 0 Å². The second kappa shape index (κ2) is 7.95. The van der Waals surface area contributed by atoms with Crippen molar-refractivity contribution in [3.63, 3.8) is 0 Å². The highest BCUT2D eigenvalue weighted by molar-refractivity contribution is 5.39. The number of hydrogen-bond donors (Lipinski definition) is 1. The van der Waals surface area contributed by atoms with E-state index in [1.165, 1.54) is 67.6 Å². The fourth-order valence-electron chi connectivity index (χ4n) is 3.78. The van der Waals surface area contributed by atoms with Crippen LogP contribution < -0.4 is 5.32 Å². The predicted octanol–water partition coefficient (Wildman–Crippen LogP) is 4.14. The largest absolute Gasteiger partial charge is 0.310 e. The molecule has 0 amide bonds. The van der Waals surface area contributed by atoms with E-state index in [1.54, 1.807) is 0 Å². The van der Waals surface area contributed by atoms with Gasteiger partial charge in [-0.25, -0.2) is 0 Å². The monoisotopic (exact) mass is 288 g/mol. The van der Waals surface area contributed by atoms with Crippen LogP contribution in [0.25, 0.3) is 0 Å². The lowest BCUT2D eigenvalue weighted by Gasteiger charge is -2.27. The summed E-state index contributed by atoms with van der Waals surface area (Å²) in [5.41, 5.74) is 5.69. The minimum atomic E-state index is 0.451. The molecule has 1 saturated heterocycles. The third-order valence-corrected chi connectivity index (χ3v) is 4.72. The van der Waals surface area contributed by atoms with Crippen molar-refractivity contribution in [2.24, 2.45) is 0 Å². The van der Waals surface area contributed by atoms with Gasteiger partial charge in [-0.1, -0.05) is 24.1 Å². The number of hydrogen-bond acceptors (Lipinski definition) is 2. The Labute approximate surface area is 130 Å². The fraction of sp³-hybridized carbons (Fsp3) is 0.684. The molecule has 1 N–H and O–H groups in total. The summed E-state index contributed by atoms with van der Waals surface area (Å²) in [7, 11) is 0. The fourth-order valence-corrected chi connectivity index (χ4v) is 3.78. The van der Waals surface area contributed by atoms with Crippen LogP contribution in [0.3, 0.4) is 0 Å². The standard InChI is InChI=1S/C19H32N2/c1-15-13-16(2)19(17(3)14-15)18(4)20-9-8-12-21-10-6-5-7-11-21/h13-14,18,20H,5-12H2,1-4H3. The molecule has 0 bridgehead atoms. The molecule has 1 fully saturated rings. The van der Waals surface area contributed by atoms with Crippen molar-refractivity contribution in [2.45, 2.75) is 59.4 Å². The minimum Gasteiger partial charge on any atom is -0.310 e. The van der Waals surface area contributed by atoms with Crippen LogP contribution in [-0.4, -0.2) is 31.1 Å². The summed E-state index contributed by atoms with van der Waals surface area (Å²) >= 11 is 0. The van der Waals surface area contributed by atoms with Gasteiger partial charge in [0.15, 0.2) is 0 Å². The second-order valence-corrected chi connectivity index (χ2v) is 6.74. The van der Waals surface area contributed by atoms with E-state index in [4.69, 9.17) is 0 Å². The molecular formula is C19H32N2. The van der Waals surface area contributed by atoms with Crippen LogP contribution >= 0.6 is 0 Å². The molecule has 0 aromatic heterocycles. The van der Waals surface area contributed by atoms with E-state index in [2.05, 4.69) is 50.0 Å². The lowest BCUT2D eigenvalue weighted by molar-refractivity contribution is 0.225. The van der Waals surface area contributed by atoms with E-state index in [9.17, 15) is 0 Å². The van der Waals surface area contributed by atoms with E-state index in [0.717, 1.165) is 6.54 Å². The highest BCUT2D eigenvalue weighted by Gasteiger charge is 2.12. The Morgan fingerprint density at radius 3 is 2.29 bits per heavy atom. The molecule has 2 heteroatoms. The number of likely N-dealkylation sites (tertiary alicyclic amines) is 1. The number of nitrogens with zero attached hydrogens (tertiary/aromatic N) is 1. The molecule has 118 valence electrons. The lowest BCUT2D eigenvalue weighted by atomic mass is 9.95.